The Bertz CT molecular complexity index is 764. The average molecular weight is 401 g/mol. The van der Waals surface area contributed by atoms with Crippen molar-refractivity contribution in [2.45, 2.75) is 12.8 Å². The van der Waals surface area contributed by atoms with Gasteiger partial charge in [-0.05, 0) is 68.3 Å². The zero-order valence-electron chi connectivity index (χ0n) is 17.8. The van der Waals surface area contributed by atoms with Gasteiger partial charge < -0.3 is 19.7 Å². The van der Waals surface area contributed by atoms with E-state index >= 15 is 0 Å². The number of hydrogen-bond acceptors (Lipinski definition) is 4. The smallest absolute Gasteiger partial charge is 0.126 e. The Hall–Kier alpha value is -2.37. The maximum atomic E-state index is 13.1. The number of ether oxygens (including phenoxy) is 2. The van der Waals surface area contributed by atoms with Crippen LogP contribution >= 0.6 is 0 Å². The van der Waals surface area contributed by atoms with Crippen molar-refractivity contribution < 1.29 is 13.9 Å². The first kappa shape index (κ1) is 22.9. The number of rotatable bonds is 13. The summed E-state index contributed by atoms with van der Waals surface area (Å²) < 4.78 is 24.7. The first-order valence-electron chi connectivity index (χ1n) is 9.99. The largest absolute Gasteiger partial charge is 0.496 e. The minimum absolute atomic E-state index is 0.511. The highest BCUT2D eigenvalue weighted by Crippen LogP contribution is 2.35. The Labute approximate surface area is 174 Å². The minimum atomic E-state index is -0.511. The fraction of sp³-hybridized carbons (Fsp3) is 0.417. The Morgan fingerprint density at radius 3 is 2.66 bits per heavy atom. The molecular formula is C24H33FN2O2. The summed E-state index contributed by atoms with van der Waals surface area (Å²) in [7, 11) is 5.72. The Morgan fingerprint density at radius 2 is 2.03 bits per heavy atom. The second-order valence-corrected chi connectivity index (χ2v) is 7.55. The second kappa shape index (κ2) is 11.6. The fourth-order valence-electron chi connectivity index (χ4n) is 2.76. The molecule has 1 aromatic rings. The molecule has 0 amide bonds. The molecule has 0 aromatic heterocycles. The van der Waals surface area contributed by atoms with Crippen molar-refractivity contribution in [1.29, 1.82) is 0 Å². The van der Waals surface area contributed by atoms with Crippen LogP contribution in [-0.4, -0.2) is 52.3 Å². The normalized spacial score (nSPS) is 14.4. The molecule has 1 aliphatic carbocycles. The number of allylic oxidation sites excluding steroid dienone is 5. The number of nitrogens with one attached hydrogen (secondary N) is 1. The van der Waals surface area contributed by atoms with E-state index in [1.807, 2.05) is 38.4 Å². The van der Waals surface area contributed by atoms with E-state index in [1.165, 1.54) is 18.9 Å². The Balaban J connectivity index is 2.25. The van der Waals surface area contributed by atoms with Crippen LogP contribution in [-0.2, 0) is 0 Å². The lowest BCUT2D eigenvalue weighted by Crippen LogP contribution is -2.26. The molecule has 0 atom stereocenters. The van der Waals surface area contributed by atoms with Gasteiger partial charge in [0.05, 0.1) is 13.7 Å². The molecule has 4 nitrogen and oxygen atoms in total. The molecule has 0 heterocycles. The van der Waals surface area contributed by atoms with E-state index in [1.54, 1.807) is 13.2 Å². The molecular weight excluding hydrogens is 367 g/mol. The van der Waals surface area contributed by atoms with Crippen LogP contribution in [0.4, 0.5) is 4.39 Å². The number of halogens is 1. The summed E-state index contributed by atoms with van der Waals surface area (Å²) in [5.74, 6) is 1.68. The molecule has 0 saturated heterocycles. The van der Waals surface area contributed by atoms with Crippen LogP contribution in [0.15, 0.2) is 61.0 Å². The molecule has 5 heteroatoms. The van der Waals surface area contributed by atoms with Crippen molar-refractivity contribution in [2.24, 2.45) is 5.92 Å². The predicted molar refractivity (Wildman–Crippen MR) is 119 cm³/mol. The minimum Gasteiger partial charge on any atom is -0.496 e. The number of hydrogen-bond donors (Lipinski definition) is 1. The lowest BCUT2D eigenvalue weighted by molar-refractivity contribution is 0.299. The summed E-state index contributed by atoms with van der Waals surface area (Å²) in [4.78, 5) is 2.12. The van der Waals surface area contributed by atoms with Gasteiger partial charge in [-0.2, -0.15) is 0 Å². The van der Waals surface area contributed by atoms with Gasteiger partial charge in [0, 0.05) is 25.2 Å². The molecule has 1 aliphatic rings. The average Bonchev–Trinajstić information content (AvgIpc) is 3.51. The topological polar surface area (TPSA) is 33.7 Å². The molecule has 29 heavy (non-hydrogen) atoms. The molecule has 158 valence electrons. The highest BCUT2D eigenvalue weighted by Gasteiger charge is 2.22. The number of nitrogens with zero attached hydrogens (tertiary/aromatic N) is 1. The third kappa shape index (κ3) is 8.26. The monoisotopic (exact) mass is 400 g/mol. The first-order valence-corrected chi connectivity index (χ1v) is 9.99. The number of benzene rings is 1. The van der Waals surface area contributed by atoms with Crippen LogP contribution in [0.25, 0.3) is 5.57 Å². The van der Waals surface area contributed by atoms with E-state index in [9.17, 15) is 4.39 Å². The lowest BCUT2D eigenvalue weighted by Gasteiger charge is -2.16. The van der Waals surface area contributed by atoms with Gasteiger partial charge in [0.25, 0.3) is 0 Å². The highest BCUT2D eigenvalue weighted by atomic mass is 19.1. The summed E-state index contributed by atoms with van der Waals surface area (Å²) >= 11 is 0. The summed E-state index contributed by atoms with van der Waals surface area (Å²) in [6.45, 7) is 10.6. The SMILES string of the molecule is C=C(F)/C=C\C(=C)/C(=C\CNCCN(C)C)c1cc(OCC2CC2)ccc1OC. The third-order valence-electron chi connectivity index (χ3n) is 4.64. The zero-order valence-corrected chi connectivity index (χ0v) is 17.8. The summed E-state index contributed by atoms with van der Waals surface area (Å²) in [5, 5.41) is 3.39. The van der Waals surface area contributed by atoms with Crippen LogP contribution < -0.4 is 14.8 Å². The number of methoxy groups -OCH3 is 1. The van der Waals surface area contributed by atoms with Gasteiger partial charge in [0.1, 0.15) is 17.3 Å². The van der Waals surface area contributed by atoms with Crippen LogP contribution in [0.5, 0.6) is 11.5 Å². The van der Waals surface area contributed by atoms with E-state index in [2.05, 4.69) is 23.4 Å². The summed E-state index contributed by atoms with van der Waals surface area (Å²) in [6.07, 6.45) is 7.47. The molecule has 2 rings (SSSR count). The van der Waals surface area contributed by atoms with Gasteiger partial charge in [-0.1, -0.05) is 25.3 Å². The van der Waals surface area contributed by atoms with Gasteiger partial charge in [-0.3, -0.25) is 0 Å². The molecule has 1 fully saturated rings. The van der Waals surface area contributed by atoms with Crippen molar-refractivity contribution in [3.05, 3.63) is 66.5 Å². The molecule has 0 aliphatic heterocycles. The number of likely N-dealkylation sites (N-methyl/N-ethyl adjacent to an activating group) is 1. The zero-order chi connectivity index (χ0) is 21.2. The van der Waals surface area contributed by atoms with E-state index < -0.39 is 5.83 Å². The summed E-state index contributed by atoms with van der Waals surface area (Å²) in [5.41, 5.74) is 2.42. The lowest BCUT2D eigenvalue weighted by atomic mass is 9.96. The van der Waals surface area contributed by atoms with Crippen molar-refractivity contribution in [3.63, 3.8) is 0 Å². The van der Waals surface area contributed by atoms with Crippen LogP contribution in [0.1, 0.15) is 18.4 Å². The van der Waals surface area contributed by atoms with E-state index in [0.717, 1.165) is 42.3 Å². The molecule has 1 saturated carbocycles. The van der Waals surface area contributed by atoms with Crippen molar-refractivity contribution >= 4 is 5.57 Å². The van der Waals surface area contributed by atoms with Gasteiger partial charge >= 0.3 is 0 Å². The van der Waals surface area contributed by atoms with Gasteiger partial charge in [0.15, 0.2) is 0 Å². The Kier molecular flexibility index (Phi) is 9.16. The first-order chi connectivity index (χ1) is 13.9. The van der Waals surface area contributed by atoms with Crippen molar-refractivity contribution in [1.82, 2.24) is 10.2 Å². The van der Waals surface area contributed by atoms with E-state index in [-0.39, 0.29) is 0 Å². The quantitative estimate of drug-likeness (QED) is 0.387. The molecule has 0 spiro atoms. The third-order valence-corrected chi connectivity index (χ3v) is 4.64. The van der Waals surface area contributed by atoms with Crippen LogP contribution in [0.2, 0.25) is 0 Å². The van der Waals surface area contributed by atoms with Gasteiger partial charge in [0.2, 0.25) is 0 Å². The van der Waals surface area contributed by atoms with Crippen LogP contribution in [0, 0.1) is 5.92 Å². The van der Waals surface area contributed by atoms with Gasteiger partial charge in [-0.15, -0.1) is 0 Å². The maximum Gasteiger partial charge on any atom is 0.126 e. The molecule has 0 unspecified atom stereocenters. The molecule has 1 N–H and O–H groups in total. The Morgan fingerprint density at radius 1 is 1.28 bits per heavy atom. The maximum absolute atomic E-state index is 13.1. The summed E-state index contributed by atoms with van der Waals surface area (Å²) in [6, 6.07) is 5.78. The van der Waals surface area contributed by atoms with E-state index in [4.69, 9.17) is 9.47 Å². The second-order valence-electron chi connectivity index (χ2n) is 7.55. The standard InChI is InChI=1S/C24H33FN2O2/c1-18(6-7-19(2)25)22(12-13-26-14-15-27(3)4)23-16-21(10-11-24(23)28-5)29-17-20-8-9-20/h6-7,10-12,16,20,26H,1-2,8-9,13-15,17H2,3-5H3/b7-6-,22-12+. The van der Waals surface area contributed by atoms with Gasteiger partial charge in [-0.25, -0.2) is 4.39 Å². The molecule has 0 bridgehead atoms. The highest BCUT2D eigenvalue weighted by molar-refractivity contribution is 5.84. The predicted octanol–water partition coefficient (Wildman–Crippen LogP) is 4.61. The fourth-order valence-corrected chi connectivity index (χ4v) is 2.76. The van der Waals surface area contributed by atoms with Crippen molar-refractivity contribution in [2.75, 3.05) is 47.4 Å². The molecule has 0 radical (unpaired) electrons. The van der Waals surface area contributed by atoms with Crippen LogP contribution in [0.3, 0.4) is 0 Å². The van der Waals surface area contributed by atoms with E-state index in [0.29, 0.717) is 18.0 Å². The molecule has 1 aromatic carbocycles. The van der Waals surface area contributed by atoms with Crippen molar-refractivity contribution in [3.8, 4) is 11.5 Å².